The van der Waals surface area contributed by atoms with Crippen molar-refractivity contribution in [1.29, 1.82) is 0 Å². The molecule has 1 aliphatic rings. The molecule has 1 aromatic heterocycles. The lowest BCUT2D eigenvalue weighted by Gasteiger charge is -2.31. The van der Waals surface area contributed by atoms with E-state index in [-0.39, 0.29) is 18.3 Å². The van der Waals surface area contributed by atoms with Crippen molar-refractivity contribution in [3.63, 3.8) is 0 Å². The van der Waals surface area contributed by atoms with Gasteiger partial charge in [-0.15, -0.1) is 12.4 Å². The number of piperidine rings is 1. The van der Waals surface area contributed by atoms with Gasteiger partial charge in [0, 0.05) is 35.9 Å². The van der Waals surface area contributed by atoms with Gasteiger partial charge in [0.1, 0.15) is 5.69 Å². The highest BCUT2D eigenvalue weighted by Gasteiger charge is 2.27. The fourth-order valence-electron chi connectivity index (χ4n) is 3.61. The number of halogens is 2. The maximum atomic E-state index is 13.3. The van der Waals surface area contributed by atoms with Crippen LogP contribution < -0.4 is 5.32 Å². The van der Waals surface area contributed by atoms with Crippen LogP contribution in [0.15, 0.2) is 60.8 Å². The summed E-state index contributed by atoms with van der Waals surface area (Å²) < 4.78 is 1.78. The van der Waals surface area contributed by atoms with Gasteiger partial charge in [-0.1, -0.05) is 41.9 Å². The van der Waals surface area contributed by atoms with Crippen LogP contribution in [0.3, 0.4) is 0 Å². The minimum Gasteiger partial charge on any atom is -0.338 e. The Kier molecular flexibility index (Phi) is 6.96. The molecule has 0 bridgehead atoms. The minimum absolute atomic E-state index is 0. The van der Waals surface area contributed by atoms with E-state index in [0.717, 1.165) is 37.2 Å². The number of hydrogen-bond donors (Lipinski definition) is 1. The Morgan fingerprint density at radius 2 is 1.72 bits per heavy atom. The second-order valence-electron chi connectivity index (χ2n) is 7.03. The van der Waals surface area contributed by atoms with Crippen LogP contribution in [0.5, 0.6) is 0 Å². The van der Waals surface area contributed by atoms with Crippen LogP contribution in [-0.4, -0.2) is 46.8 Å². The highest BCUT2D eigenvalue weighted by atomic mass is 35.5. The van der Waals surface area contributed by atoms with Crippen molar-refractivity contribution in [2.75, 3.05) is 20.1 Å². The van der Waals surface area contributed by atoms with Crippen LogP contribution >= 0.6 is 24.0 Å². The Hall–Kier alpha value is -2.34. The van der Waals surface area contributed by atoms with Crippen LogP contribution in [0.25, 0.3) is 16.9 Å². The molecular weight excluding hydrogens is 407 g/mol. The number of carbonyl (C=O) groups is 1. The van der Waals surface area contributed by atoms with E-state index in [1.165, 1.54) is 0 Å². The van der Waals surface area contributed by atoms with Crippen molar-refractivity contribution in [2.45, 2.75) is 18.9 Å². The first-order chi connectivity index (χ1) is 13.7. The molecule has 5 nitrogen and oxygen atoms in total. The predicted molar refractivity (Wildman–Crippen MR) is 119 cm³/mol. The van der Waals surface area contributed by atoms with Gasteiger partial charge in [0.15, 0.2) is 0 Å². The third-order valence-electron chi connectivity index (χ3n) is 5.27. The zero-order valence-corrected chi connectivity index (χ0v) is 17.8. The Labute approximate surface area is 182 Å². The van der Waals surface area contributed by atoms with Crippen LogP contribution in [0.2, 0.25) is 5.02 Å². The highest BCUT2D eigenvalue weighted by molar-refractivity contribution is 6.30. The first kappa shape index (κ1) is 21.4. The zero-order valence-electron chi connectivity index (χ0n) is 16.2. The maximum absolute atomic E-state index is 13.3. The van der Waals surface area contributed by atoms with E-state index < -0.39 is 0 Å². The summed E-state index contributed by atoms with van der Waals surface area (Å²) in [6.07, 6.45) is 3.77. The predicted octanol–water partition coefficient (Wildman–Crippen LogP) is 4.44. The summed E-state index contributed by atoms with van der Waals surface area (Å²) in [6, 6.07) is 17.8. The molecule has 1 aliphatic heterocycles. The van der Waals surface area contributed by atoms with E-state index in [0.29, 0.717) is 22.3 Å². The van der Waals surface area contributed by atoms with Gasteiger partial charge in [0.25, 0.3) is 5.91 Å². The topological polar surface area (TPSA) is 50.2 Å². The molecule has 0 spiro atoms. The number of nitrogens with one attached hydrogen (secondary N) is 1. The molecular formula is C22H24Cl2N4O. The van der Waals surface area contributed by atoms with Gasteiger partial charge in [-0.05, 0) is 44.2 Å². The third-order valence-corrected chi connectivity index (χ3v) is 5.53. The van der Waals surface area contributed by atoms with Crippen LogP contribution in [0.1, 0.15) is 23.2 Å². The molecule has 0 radical (unpaired) electrons. The van der Waals surface area contributed by atoms with Gasteiger partial charge in [-0.2, -0.15) is 5.10 Å². The van der Waals surface area contributed by atoms with E-state index in [1.807, 2.05) is 72.7 Å². The summed E-state index contributed by atoms with van der Waals surface area (Å²) in [5.74, 6) is 0.0293. The Balaban J connectivity index is 0.00000240. The quantitative estimate of drug-likeness (QED) is 0.665. The molecule has 3 aromatic rings. The van der Waals surface area contributed by atoms with Crippen molar-refractivity contribution >= 4 is 29.9 Å². The third kappa shape index (κ3) is 4.64. The van der Waals surface area contributed by atoms with Gasteiger partial charge in [-0.3, -0.25) is 4.79 Å². The molecule has 0 unspecified atom stereocenters. The van der Waals surface area contributed by atoms with Crippen LogP contribution in [-0.2, 0) is 0 Å². The smallest absolute Gasteiger partial charge is 0.257 e. The van der Waals surface area contributed by atoms with Gasteiger partial charge >= 0.3 is 0 Å². The van der Waals surface area contributed by atoms with E-state index in [2.05, 4.69) is 5.32 Å². The number of likely N-dealkylation sites (tertiary alicyclic amines) is 1. The second-order valence-corrected chi connectivity index (χ2v) is 7.47. The number of para-hydroxylation sites is 1. The van der Waals surface area contributed by atoms with Gasteiger partial charge in [-0.25, -0.2) is 4.68 Å². The van der Waals surface area contributed by atoms with Crippen molar-refractivity contribution < 1.29 is 4.79 Å². The summed E-state index contributed by atoms with van der Waals surface area (Å²) in [4.78, 5) is 15.3. The fraction of sp³-hybridized carbons (Fsp3) is 0.273. The molecule has 0 saturated carbocycles. The lowest BCUT2D eigenvalue weighted by molar-refractivity contribution is 0.0708. The molecule has 1 saturated heterocycles. The molecule has 4 rings (SSSR count). The maximum Gasteiger partial charge on any atom is 0.257 e. The number of nitrogens with zero attached hydrogens (tertiary/aromatic N) is 3. The first-order valence-electron chi connectivity index (χ1n) is 9.53. The van der Waals surface area contributed by atoms with E-state index in [1.54, 1.807) is 4.68 Å². The Bertz CT molecular complexity index is 949. The molecule has 2 aromatic carbocycles. The van der Waals surface area contributed by atoms with Crippen molar-refractivity contribution in [1.82, 2.24) is 20.0 Å². The number of rotatable bonds is 4. The zero-order chi connectivity index (χ0) is 19.5. The SMILES string of the molecule is CNC1CCN(C(=O)c2cn(-c3ccccc3)nc2-c2ccc(Cl)cc2)CC1.Cl. The summed E-state index contributed by atoms with van der Waals surface area (Å²) in [6.45, 7) is 1.50. The monoisotopic (exact) mass is 430 g/mol. The van der Waals surface area contributed by atoms with Gasteiger partial charge in [0.05, 0.1) is 11.3 Å². The first-order valence-corrected chi connectivity index (χ1v) is 9.91. The number of aromatic nitrogens is 2. The van der Waals surface area contributed by atoms with Gasteiger partial charge < -0.3 is 10.2 Å². The largest absolute Gasteiger partial charge is 0.338 e. The highest BCUT2D eigenvalue weighted by Crippen LogP contribution is 2.27. The molecule has 1 fully saturated rings. The Morgan fingerprint density at radius 1 is 1.07 bits per heavy atom. The number of benzene rings is 2. The average Bonchev–Trinajstić information content (AvgIpc) is 3.20. The normalized spacial score (nSPS) is 14.5. The summed E-state index contributed by atoms with van der Waals surface area (Å²) in [5, 5.41) is 8.71. The average molecular weight is 431 g/mol. The van der Waals surface area contributed by atoms with Crippen LogP contribution in [0, 0.1) is 0 Å². The van der Waals surface area contributed by atoms with Gasteiger partial charge in [0.2, 0.25) is 0 Å². The molecule has 7 heteroatoms. The number of carbonyl (C=O) groups excluding carboxylic acids is 1. The number of hydrogen-bond acceptors (Lipinski definition) is 3. The lowest BCUT2D eigenvalue weighted by Crippen LogP contribution is -2.44. The molecule has 152 valence electrons. The molecule has 0 atom stereocenters. The molecule has 29 heavy (non-hydrogen) atoms. The minimum atomic E-state index is 0. The summed E-state index contributed by atoms with van der Waals surface area (Å²) >= 11 is 6.04. The van der Waals surface area contributed by atoms with E-state index in [9.17, 15) is 4.79 Å². The van der Waals surface area contributed by atoms with E-state index in [4.69, 9.17) is 16.7 Å². The fourth-order valence-corrected chi connectivity index (χ4v) is 3.73. The Morgan fingerprint density at radius 3 is 2.34 bits per heavy atom. The van der Waals surface area contributed by atoms with Crippen molar-refractivity contribution in [3.8, 4) is 16.9 Å². The molecule has 1 amide bonds. The molecule has 1 N–H and O–H groups in total. The van der Waals surface area contributed by atoms with E-state index >= 15 is 0 Å². The lowest BCUT2D eigenvalue weighted by atomic mass is 10.0. The van der Waals surface area contributed by atoms with Crippen molar-refractivity contribution in [3.05, 3.63) is 71.4 Å². The van der Waals surface area contributed by atoms with Crippen molar-refractivity contribution in [2.24, 2.45) is 0 Å². The summed E-state index contributed by atoms with van der Waals surface area (Å²) in [7, 11) is 1.98. The summed E-state index contributed by atoms with van der Waals surface area (Å²) in [5.41, 5.74) is 3.11. The standard InChI is InChI=1S/C22H23ClN4O.ClH/c1-24-18-11-13-26(14-12-18)22(28)20-15-27(19-5-3-2-4-6-19)25-21(20)16-7-9-17(23)10-8-16;/h2-10,15,18,24H,11-14H2,1H3;1H. The molecule has 0 aliphatic carbocycles. The van der Waals surface area contributed by atoms with Crippen LogP contribution in [0.4, 0.5) is 0 Å². The number of amides is 1. The second kappa shape index (κ2) is 9.44. The molecule has 2 heterocycles.